The third-order valence-electron chi connectivity index (χ3n) is 5.13. The summed E-state index contributed by atoms with van der Waals surface area (Å²) < 4.78 is 46.6. The molecule has 0 unspecified atom stereocenters. The molecule has 31 heavy (non-hydrogen) atoms. The van der Waals surface area contributed by atoms with E-state index in [0.717, 1.165) is 27.6 Å². The average Bonchev–Trinajstić information content (AvgIpc) is 3.22. The minimum absolute atomic E-state index is 0.0626. The maximum absolute atomic E-state index is 13.2. The van der Waals surface area contributed by atoms with Crippen LogP contribution in [0.25, 0.3) is 11.2 Å². The number of ether oxygens (including phenoxy) is 1. The Morgan fingerprint density at radius 1 is 1.23 bits per heavy atom. The highest BCUT2D eigenvalue weighted by molar-refractivity contribution is 5.70. The van der Waals surface area contributed by atoms with Crippen LogP contribution in [-0.4, -0.2) is 47.8 Å². The fraction of sp³-hybridized carbons (Fsp3) is 0.389. The van der Waals surface area contributed by atoms with Crippen LogP contribution < -0.4 is 17.1 Å². The van der Waals surface area contributed by atoms with E-state index in [1.54, 1.807) is 0 Å². The topological polar surface area (TPSA) is 138 Å². The molecule has 166 valence electrons. The summed E-state index contributed by atoms with van der Waals surface area (Å²) in [4.78, 5) is 29.8. The number of alkyl halides is 3. The highest BCUT2D eigenvalue weighted by Crippen LogP contribution is 2.30. The molecule has 1 saturated heterocycles. The number of hydrogen-bond acceptors (Lipinski definition) is 7. The zero-order chi connectivity index (χ0) is 22.5. The molecule has 3 atom stereocenters. The molecule has 13 heteroatoms. The number of benzene rings is 1. The molecule has 0 bridgehead atoms. The van der Waals surface area contributed by atoms with E-state index >= 15 is 0 Å². The van der Waals surface area contributed by atoms with Gasteiger partial charge in [0.15, 0.2) is 17.4 Å². The lowest BCUT2D eigenvalue weighted by atomic mass is 10.1. The highest BCUT2D eigenvalue weighted by atomic mass is 19.4. The molecule has 1 aliphatic heterocycles. The Kier molecular flexibility index (Phi) is 5.11. The number of aromatic nitrogens is 4. The van der Waals surface area contributed by atoms with Gasteiger partial charge in [-0.05, 0) is 17.7 Å². The molecule has 1 fully saturated rings. The summed E-state index contributed by atoms with van der Waals surface area (Å²) in [7, 11) is 0. The first-order valence-corrected chi connectivity index (χ1v) is 9.19. The molecule has 4 rings (SSSR count). The van der Waals surface area contributed by atoms with Crippen LogP contribution in [0.4, 0.5) is 13.2 Å². The van der Waals surface area contributed by atoms with Gasteiger partial charge in [0, 0.05) is 6.42 Å². The third-order valence-corrected chi connectivity index (χ3v) is 5.13. The Hall–Kier alpha value is -3.16. The highest BCUT2D eigenvalue weighted by Gasteiger charge is 2.38. The molecule has 3 aromatic rings. The van der Waals surface area contributed by atoms with Crippen molar-refractivity contribution in [3.8, 4) is 0 Å². The van der Waals surface area contributed by atoms with Crippen LogP contribution in [0.1, 0.15) is 23.8 Å². The van der Waals surface area contributed by atoms with Crippen LogP contribution in [0.5, 0.6) is 0 Å². The van der Waals surface area contributed by atoms with Crippen LogP contribution in [0.3, 0.4) is 0 Å². The van der Waals surface area contributed by atoms with Gasteiger partial charge in [-0.3, -0.25) is 9.36 Å². The number of hydrogen-bond donors (Lipinski definition) is 3. The molecule has 1 aliphatic rings. The Balaban J connectivity index is 1.84. The maximum atomic E-state index is 13.2. The predicted molar refractivity (Wildman–Crippen MR) is 101 cm³/mol. The largest absolute Gasteiger partial charge is 0.416 e. The standard InChI is InChI=1S/C18H18F3N5O5/c19-18(20,21)10-3-1-9(2-4-10)6-24-13-14(23-8-25(22)15(13)29)26(17(24)30)16-12(28)5-11(7-27)31-16/h1-4,8,11-12,16,27-28H,5-7,22H2/t11-,12+,16+/m0/s1. The van der Waals surface area contributed by atoms with Crippen molar-refractivity contribution in [3.05, 3.63) is 62.6 Å². The summed E-state index contributed by atoms with van der Waals surface area (Å²) in [6.45, 7) is -0.622. The molecular weight excluding hydrogens is 423 g/mol. The summed E-state index contributed by atoms with van der Waals surface area (Å²) in [5.74, 6) is 5.58. The second-order valence-electron chi connectivity index (χ2n) is 7.20. The lowest BCUT2D eigenvalue weighted by Gasteiger charge is -2.15. The van der Waals surface area contributed by atoms with E-state index in [1.807, 2.05) is 0 Å². The first-order valence-electron chi connectivity index (χ1n) is 9.19. The van der Waals surface area contributed by atoms with Crippen molar-refractivity contribution in [2.75, 3.05) is 12.4 Å². The summed E-state index contributed by atoms with van der Waals surface area (Å²) in [5.41, 5.74) is -2.37. The Labute approximate surface area is 171 Å². The van der Waals surface area contributed by atoms with Crippen LogP contribution >= 0.6 is 0 Å². The number of nitrogens with two attached hydrogens (primary N) is 1. The van der Waals surface area contributed by atoms with E-state index in [9.17, 15) is 33.0 Å². The van der Waals surface area contributed by atoms with Gasteiger partial charge in [0.2, 0.25) is 0 Å². The van der Waals surface area contributed by atoms with Gasteiger partial charge < -0.3 is 20.8 Å². The fourth-order valence-electron chi connectivity index (χ4n) is 3.61. The van der Waals surface area contributed by atoms with Crippen molar-refractivity contribution in [1.82, 2.24) is 18.8 Å². The van der Waals surface area contributed by atoms with Crippen molar-refractivity contribution in [1.29, 1.82) is 0 Å². The molecule has 1 aromatic carbocycles. The maximum Gasteiger partial charge on any atom is 0.416 e. The van der Waals surface area contributed by atoms with Gasteiger partial charge in [-0.2, -0.15) is 13.2 Å². The zero-order valence-corrected chi connectivity index (χ0v) is 15.9. The van der Waals surface area contributed by atoms with Crippen LogP contribution in [0.2, 0.25) is 0 Å². The van der Waals surface area contributed by atoms with E-state index < -0.39 is 41.4 Å². The number of aliphatic hydroxyl groups excluding tert-OH is 2. The quantitative estimate of drug-likeness (QED) is 0.476. The number of rotatable bonds is 4. The van der Waals surface area contributed by atoms with Gasteiger partial charge in [0.25, 0.3) is 5.56 Å². The second kappa shape index (κ2) is 7.51. The molecule has 0 radical (unpaired) electrons. The summed E-state index contributed by atoms with van der Waals surface area (Å²) in [6, 6.07) is 4.13. The lowest BCUT2D eigenvalue weighted by Crippen LogP contribution is -2.32. The third kappa shape index (κ3) is 3.60. The van der Waals surface area contributed by atoms with Crippen LogP contribution in [0, 0.1) is 0 Å². The molecule has 2 aromatic heterocycles. The predicted octanol–water partition coefficient (Wildman–Crippen LogP) is -0.219. The SMILES string of the molecule is Nn1cnc2c(c1=O)n(Cc1ccc(C(F)(F)F)cc1)c(=O)n2[C@@H]1O[C@H](CO)C[C@H]1O. The normalized spacial score (nSPS) is 21.8. The van der Waals surface area contributed by atoms with Gasteiger partial charge in [-0.25, -0.2) is 19.0 Å². The molecular formula is C18H18F3N5O5. The monoisotopic (exact) mass is 441 g/mol. The number of aliphatic hydroxyl groups is 2. The van der Waals surface area contributed by atoms with Crippen LogP contribution in [-0.2, 0) is 17.5 Å². The molecule has 10 nitrogen and oxygen atoms in total. The number of fused-ring (bicyclic) bond motifs is 1. The molecule has 4 N–H and O–H groups in total. The van der Waals surface area contributed by atoms with Crippen LogP contribution in [0.15, 0.2) is 40.2 Å². The van der Waals surface area contributed by atoms with E-state index in [4.69, 9.17) is 10.6 Å². The van der Waals surface area contributed by atoms with Crippen molar-refractivity contribution in [3.63, 3.8) is 0 Å². The average molecular weight is 441 g/mol. The van der Waals surface area contributed by atoms with E-state index in [-0.39, 0.29) is 30.7 Å². The molecule has 0 aliphatic carbocycles. The van der Waals surface area contributed by atoms with Gasteiger partial charge in [0.1, 0.15) is 12.4 Å². The number of halogens is 3. The number of imidazole rings is 1. The zero-order valence-electron chi connectivity index (χ0n) is 15.9. The first kappa shape index (κ1) is 21.1. The van der Waals surface area contributed by atoms with E-state index in [0.29, 0.717) is 10.2 Å². The van der Waals surface area contributed by atoms with E-state index in [1.165, 1.54) is 12.1 Å². The van der Waals surface area contributed by atoms with Gasteiger partial charge in [-0.1, -0.05) is 12.1 Å². The Morgan fingerprint density at radius 2 is 1.90 bits per heavy atom. The second-order valence-corrected chi connectivity index (χ2v) is 7.20. The summed E-state index contributed by atoms with van der Waals surface area (Å²) in [6.07, 6.45) is -6.53. The number of nitrogens with zero attached hydrogens (tertiary/aromatic N) is 4. The molecule has 3 heterocycles. The van der Waals surface area contributed by atoms with Gasteiger partial charge in [-0.15, -0.1) is 0 Å². The van der Waals surface area contributed by atoms with Crippen molar-refractivity contribution in [2.45, 2.75) is 37.6 Å². The molecule has 0 saturated carbocycles. The lowest BCUT2D eigenvalue weighted by molar-refractivity contribution is -0.137. The first-order chi connectivity index (χ1) is 14.6. The molecule has 0 amide bonds. The fourth-order valence-corrected chi connectivity index (χ4v) is 3.61. The Bertz CT molecular complexity index is 1230. The van der Waals surface area contributed by atoms with Crippen molar-refractivity contribution in [2.24, 2.45) is 0 Å². The van der Waals surface area contributed by atoms with Crippen molar-refractivity contribution < 1.29 is 28.1 Å². The Morgan fingerprint density at radius 3 is 2.48 bits per heavy atom. The summed E-state index contributed by atoms with van der Waals surface area (Å²) >= 11 is 0. The van der Waals surface area contributed by atoms with Gasteiger partial charge >= 0.3 is 11.9 Å². The van der Waals surface area contributed by atoms with Crippen molar-refractivity contribution >= 4 is 11.2 Å². The number of nitrogen functional groups attached to an aromatic ring is 1. The molecule has 0 spiro atoms. The smallest absolute Gasteiger partial charge is 0.394 e. The van der Waals surface area contributed by atoms with Gasteiger partial charge in [0.05, 0.1) is 24.8 Å². The summed E-state index contributed by atoms with van der Waals surface area (Å²) in [5, 5.41) is 19.6. The van der Waals surface area contributed by atoms with E-state index in [2.05, 4.69) is 4.98 Å². The minimum Gasteiger partial charge on any atom is -0.394 e. The minimum atomic E-state index is -4.51.